The number of hydrazone groups is 2. The number of H-pyrrole nitrogens is 1. The topological polar surface area (TPSA) is 132 Å². The van der Waals surface area contributed by atoms with Gasteiger partial charge in [-0.25, -0.2) is 5.10 Å². The Morgan fingerprint density at radius 3 is 2.46 bits per heavy atom. The van der Waals surface area contributed by atoms with Gasteiger partial charge in [0.1, 0.15) is 5.75 Å². The van der Waals surface area contributed by atoms with Gasteiger partial charge in [-0.05, 0) is 66.6 Å². The molecule has 1 amide bonds. The molecule has 0 saturated heterocycles. The summed E-state index contributed by atoms with van der Waals surface area (Å²) in [4.78, 5) is 13.2. The van der Waals surface area contributed by atoms with Gasteiger partial charge in [-0.15, -0.1) is 5.10 Å². The van der Waals surface area contributed by atoms with Crippen molar-refractivity contribution in [3.05, 3.63) is 71.8 Å². The van der Waals surface area contributed by atoms with E-state index in [0.717, 1.165) is 11.1 Å². The number of hydrogen-bond donors (Lipinski definition) is 3. The number of carbonyl (C=O) groups is 1. The van der Waals surface area contributed by atoms with Gasteiger partial charge in [-0.3, -0.25) is 10.2 Å². The van der Waals surface area contributed by atoms with Crippen molar-refractivity contribution in [1.82, 2.24) is 20.6 Å². The maximum Gasteiger partial charge on any atom is 0.301 e. The second-order valence-corrected chi connectivity index (χ2v) is 8.14. The molecule has 10 nitrogen and oxygen atoms in total. The van der Waals surface area contributed by atoms with Crippen LogP contribution in [0, 0.1) is 13.8 Å². The van der Waals surface area contributed by atoms with Crippen LogP contribution in [0.3, 0.4) is 0 Å². The number of aromatic amines is 1. The molecule has 0 radical (unpaired) electrons. The molecule has 4 aromatic rings. The van der Waals surface area contributed by atoms with Crippen LogP contribution < -0.4 is 10.4 Å². The average molecular weight is 467 g/mol. The molecule has 0 atom stereocenters. The highest BCUT2D eigenvalue weighted by Gasteiger charge is 2.31. The van der Waals surface area contributed by atoms with E-state index in [9.17, 15) is 9.90 Å². The lowest BCUT2D eigenvalue weighted by Gasteiger charge is -2.15. The molecule has 1 aliphatic heterocycles. The Balaban J connectivity index is 1.55. The van der Waals surface area contributed by atoms with Crippen LogP contribution >= 0.6 is 0 Å². The van der Waals surface area contributed by atoms with Gasteiger partial charge >= 0.3 is 5.91 Å². The predicted molar refractivity (Wildman–Crippen MR) is 134 cm³/mol. The van der Waals surface area contributed by atoms with Gasteiger partial charge in [0.05, 0.1) is 17.1 Å². The average Bonchev–Trinajstić information content (AvgIpc) is 3.48. The molecule has 0 aliphatic carbocycles. The molecule has 0 bridgehead atoms. The molecule has 0 fully saturated rings. The summed E-state index contributed by atoms with van der Waals surface area (Å²) in [7, 11) is 0. The zero-order valence-electron chi connectivity index (χ0n) is 19.3. The predicted octanol–water partition coefficient (Wildman–Crippen LogP) is 4.05. The molecule has 174 valence electrons. The minimum Gasteiger partial charge on any atom is -0.507 e. The number of aromatic nitrogens is 4. The molecule has 0 unspecified atom stereocenters. The molecule has 0 saturated carbocycles. The minimum atomic E-state index is -0.346. The third-order valence-electron chi connectivity index (χ3n) is 5.86. The molecular formula is C25H22N8O2. The summed E-state index contributed by atoms with van der Waals surface area (Å²) in [5.74, 6) is 0.165. The maximum atomic E-state index is 13.2. The summed E-state index contributed by atoms with van der Waals surface area (Å²) in [6, 6.07) is 18.2. The Hall–Kier alpha value is -4.86. The summed E-state index contributed by atoms with van der Waals surface area (Å²) in [5.41, 5.74) is 8.93. The number of benzene rings is 3. The van der Waals surface area contributed by atoms with Gasteiger partial charge in [-0.2, -0.15) is 15.2 Å². The van der Waals surface area contributed by atoms with Crippen LogP contribution in [0.2, 0.25) is 0 Å². The van der Waals surface area contributed by atoms with E-state index in [1.54, 1.807) is 25.1 Å². The van der Waals surface area contributed by atoms with E-state index in [1.807, 2.05) is 56.3 Å². The number of nitrogens with one attached hydrogen (secondary N) is 2. The third-order valence-corrected chi connectivity index (χ3v) is 5.86. The molecule has 2 heterocycles. The van der Waals surface area contributed by atoms with Crippen LogP contribution in [0.5, 0.6) is 5.75 Å². The van der Waals surface area contributed by atoms with E-state index >= 15 is 0 Å². The fraction of sp³-hybridized carbons (Fsp3) is 0.120. The summed E-state index contributed by atoms with van der Waals surface area (Å²) in [5, 5.41) is 34.8. The van der Waals surface area contributed by atoms with Gasteiger partial charge in [0.2, 0.25) is 0 Å². The fourth-order valence-corrected chi connectivity index (χ4v) is 3.84. The zero-order chi connectivity index (χ0) is 24.5. The summed E-state index contributed by atoms with van der Waals surface area (Å²) >= 11 is 0. The zero-order valence-corrected chi connectivity index (χ0v) is 19.3. The van der Waals surface area contributed by atoms with Crippen LogP contribution in [0.25, 0.3) is 22.5 Å². The number of phenolic OH excluding ortho intramolecular Hbond substituents is 1. The molecular weight excluding hydrogens is 444 g/mol. The lowest BCUT2D eigenvalue weighted by atomic mass is 9.99. The molecule has 1 aromatic heterocycles. The summed E-state index contributed by atoms with van der Waals surface area (Å²) < 4.78 is 0. The number of aromatic hydroxyl groups is 1. The van der Waals surface area contributed by atoms with Crippen LogP contribution in [-0.4, -0.2) is 43.1 Å². The lowest BCUT2D eigenvalue weighted by molar-refractivity contribution is -0.112. The number of phenols is 1. The van der Waals surface area contributed by atoms with E-state index < -0.39 is 0 Å². The second kappa shape index (κ2) is 8.82. The van der Waals surface area contributed by atoms with E-state index in [0.29, 0.717) is 39.6 Å². The number of anilines is 2. The normalized spacial score (nSPS) is 14.5. The molecule has 35 heavy (non-hydrogen) atoms. The summed E-state index contributed by atoms with van der Waals surface area (Å²) in [6.07, 6.45) is 0. The van der Waals surface area contributed by atoms with Crippen molar-refractivity contribution in [2.24, 2.45) is 10.2 Å². The van der Waals surface area contributed by atoms with Crippen molar-refractivity contribution >= 4 is 28.7 Å². The Morgan fingerprint density at radius 2 is 1.71 bits per heavy atom. The highest BCUT2D eigenvalue weighted by molar-refractivity contribution is 6.71. The smallest absolute Gasteiger partial charge is 0.301 e. The van der Waals surface area contributed by atoms with E-state index in [1.165, 1.54) is 5.01 Å². The quantitative estimate of drug-likeness (QED) is 0.380. The second-order valence-electron chi connectivity index (χ2n) is 8.14. The Labute approximate surface area is 201 Å². The third kappa shape index (κ3) is 4.01. The minimum absolute atomic E-state index is 0.103. The molecule has 0 spiro atoms. The number of hydrogen-bond acceptors (Lipinski definition) is 8. The number of rotatable bonds is 5. The molecule has 3 N–H and O–H groups in total. The molecule has 5 rings (SSSR count). The van der Waals surface area contributed by atoms with Crippen LogP contribution in [-0.2, 0) is 4.79 Å². The van der Waals surface area contributed by atoms with Crippen LogP contribution in [0.4, 0.5) is 11.4 Å². The maximum absolute atomic E-state index is 13.2. The SMILES string of the molecule is CC1=NN(c2ccc(C)c(C)c2)C(=O)C1=NNc1c(-c2nnn[nH]2)cccc1-c1ccccc1O. The number of carbonyl (C=O) groups excluding carboxylic acids is 1. The van der Waals surface area contributed by atoms with E-state index in [4.69, 9.17) is 0 Å². The van der Waals surface area contributed by atoms with Crippen LogP contribution in [0.1, 0.15) is 18.1 Å². The number of tetrazole rings is 1. The van der Waals surface area contributed by atoms with Crippen molar-refractivity contribution in [2.45, 2.75) is 20.8 Å². The highest BCUT2D eigenvalue weighted by Crippen LogP contribution is 2.39. The first kappa shape index (κ1) is 22.0. The van der Waals surface area contributed by atoms with Crippen molar-refractivity contribution < 1.29 is 9.90 Å². The number of nitrogens with zero attached hydrogens (tertiary/aromatic N) is 6. The van der Waals surface area contributed by atoms with Crippen LogP contribution in [0.15, 0.2) is 70.9 Å². The van der Waals surface area contributed by atoms with Crippen molar-refractivity contribution in [2.75, 3.05) is 10.4 Å². The summed E-state index contributed by atoms with van der Waals surface area (Å²) in [6.45, 7) is 5.73. The van der Waals surface area contributed by atoms with Crippen molar-refractivity contribution in [3.63, 3.8) is 0 Å². The largest absolute Gasteiger partial charge is 0.507 e. The number of para-hydroxylation sites is 2. The lowest BCUT2D eigenvalue weighted by Crippen LogP contribution is -2.28. The first-order chi connectivity index (χ1) is 16.9. The molecule has 10 heteroatoms. The van der Waals surface area contributed by atoms with Crippen molar-refractivity contribution in [3.8, 4) is 28.3 Å². The van der Waals surface area contributed by atoms with E-state index in [-0.39, 0.29) is 17.4 Å². The standard InChI is InChI=1S/C25H22N8O2/c1-14-11-12-17(13-15(14)2)33-25(35)22(16(3)30-33)26-27-23-19(18-7-4-5-10-21(18)34)8-6-9-20(23)24-28-31-32-29-24/h4-13,27,34H,1-3H3,(H,28,29,31,32). The van der Waals surface area contributed by atoms with E-state index in [2.05, 4.69) is 36.3 Å². The van der Waals surface area contributed by atoms with Gasteiger partial charge in [0.15, 0.2) is 11.5 Å². The molecule has 3 aromatic carbocycles. The number of amides is 1. The Kier molecular flexibility index (Phi) is 5.54. The Morgan fingerprint density at radius 1 is 0.943 bits per heavy atom. The fourth-order valence-electron chi connectivity index (χ4n) is 3.84. The Bertz CT molecular complexity index is 1490. The van der Waals surface area contributed by atoms with Gasteiger partial charge in [0.25, 0.3) is 0 Å². The first-order valence-corrected chi connectivity index (χ1v) is 10.9. The first-order valence-electron chi connectivity index (χ1n) is 10.9. The van der Waals surface area contributed by atoms with Gasteiger partial charge < -0.3 is 5.11 Å². The molecule has 1 aliphatic rings. The number of aryl methyl sites for hydroxylation is 2. The monoisotopic (exact) mass is 466 g/mol. The van der Waals surface area contributed by atoms with Gasteiger partial charge in [0, 0.05) is 16.7 Å². The van der Waals surface area contributed by atoms with Gasteiger partial charge in [-0.1, -0.05) is 36.4 Å². The van der Waals surface area contributed by atoms with Crippen molar-refractivity contribution in [1.29, 1.82) is 0 Å². The highest BCUT2D eigenvalue weighted by atomic mass is 16.3.